The number of hydrogen-bond acceptors (Lipinski definition) is 3. The van der Waals surface area contributed by atoms with E-state index in [1.54, 1.807) is 11.3 Å². The first-order chi connectivity index (χ1) is 5.75. The Bertz CT molecular complexity index is 442. The van der Waals surface area contributed by atoms with Crippen molar-refractivity contribution in [3.63, 3.8) is 0 Å². The summed E-state index contributed by atoms with van der Waals surface area (Å²) in [4.78, 5) is 11.6. The first-order valence-corrected chi connectivity index (χ1v) is 4.81. The molecule has 2 rings (SSSR count). The normalized spacial score (nSPS) is 10.4. The summed E-state index contributed by atoms with van der Waals surface area (Å²) < 4.78 is 5.57. The molecule has 0 unspecified atom stereocenters. The SMILES string of the molecule is O=c1cc(-c2ccc(Br)s2)[nH]o1. The summed E-state index contributed by atoms with van der Waals surface area (Å²) in [5, 5.41) is 2.54. The van der Waals surface area contributed by atoms with Gasteiger partial charge in [-0.3, -0.25) is 0 Å². The van der Waals surface area contributed by atoms with E-state index >= 15 is 0 Å². The smallest absolute Gasteiger partial charge is 0.339 e. The van der Waals surface area contributed by atoms with Gasteiger partial charge in [0.1, 0.15) is 0 Å². The monoisotopic (exact) mass is 245 g/mol. The lowest BCUT2D eigenvalue weighted by atomic mass is 10.3. The second-order valence-electron chi connectivity index (χ2n) is 2.18. The van der Waals surface area contributed by atoms with Gasteiger partial charge in [-0.1, -0.05) is 0 Å². The second-order valence-corrected chi connectivity index (χ2v) is 4.65. The van der Waals surface area contributed by atoms with Gasteiger partial charge in [-0.2, -0.15) is 0 Å². The van der Waals surface area contributed by atoms with Crippen LogP contribution in [-0.4, -0.2) is 5.16 Å². The van der Waals surface area contributed by atoms with Crippen LogP contribution in [0, 0.1) is 0 Å². The number of nitrogens with one attached hydrogen (secondary N) is 1. The van der Waals surface area contributed by atoms with Gasteiger partial charge in [-0.15, -0.1) is 11.3 Å². The molecular formula is C7H4BrNO2S. The third-order valence-electron chi connectivity index (χ3n) is 1.36. The highest BCUT2D eigenvalue weighted by Crippen LogP contribution is 2.29. The van der Waals surface area contributed by atoms with E-state index in [2.05, 4.69) is 25.6 Å². The van der Waals surface area contributed by atoms with Crippen LogP contribution >= 0.6 is 27.3 Å². The van der Waals surface area contributed by atoms with Gasteiger partial charge in [-0.05, 0) is 28.1 Å². The number of aromatic nitrogens is 1. The summed E-state index contributed by atoms with van der Waals surface area (Å²) in [5.74, 6) is 0. The second kappa shape index (κ2) is 2.91. The highest BCUT2D eigenvalue weighted by molar-refractivity contribution is 9.11. The maximum absolute atomic E-state index is 10.7. The number of hydrogen-bond donors (Lipinski definition) is 1. The molecule has 0 amide bonds. The quantitative estimate of drug-likeness (QED) is 0.839. The fraction of sp³-hybridized carbons (Fsp3) is 0. The Labute approximate surface area is 80.1 Å². The fourth-order valence-corrected chi connectivity index (χ4v) is 2.21. The molecule has 0 radical (unpaired) electrons. The minimum absolute atomic E-state index is 0.352. The summed E-state index contributed by atoms with van der Waals surface area (Å²) in [6.45, 7) is 0. The van der Waals surface area contributed by atoms with Gasteiger partial charge in [0.15, 0.2) is 0 Å². The third-order valence-corrected chi connectivity index (χ3v) is 3.02. The van der Waals surface area contributed by atoms with Gasteiger partial charge in [0.05, 0.1) is 20.4 Å². The van der Waals surface area contributed by atoms with E-state index in [0.717, 1.165) is 14.4 Å². The molecule has 12 heavy (non-hydrogen) atoms. The number of rotatable bonds is 1. The minimum Gasteiger partial charge on any atom is -0.339 e. The van der Waals surface area contributed by atoms with E-state index in [-0.39, 0.29) is 5.63 Å². The van der Waals surface area contributed by atoms with Crippen LogP contribution in [0.25, 0.3) is 10.6 Å². The molecule has 0 aliphatic rings. The van der Waals surface area contributed by atoms with Crippen molar-refractivity contribution in [1.82, 2.24) is 5.16 Å². The van der Waals surface area contributed by atoms with Crippen molar-refractivity contribution in [1.29, 1.82) is 0 Å². The highest BCUT2D eigenvalue weighted by Gasteiger charge is 2.03. The molecule has 0 aliphatic heterocycles. The molecule has 2 aromatic heterocycles. The van der Waals surface area contributed by atoms with Crippen LogP contribution in [0.5, 0.6) is 0 Å². The lowest BCUT2D eigenvalue weighted by Gasteiger charge is -1.84. The molecule has 62 valence electrons. The van der Waals surface area contributed by atoms with E-state index in [1.165, 1.54) is 6.07 Å². The minimum atomic E-state index is -0.352. The van der Waals surface area contributed by atoms with Crippen molar-refractivity contribution in [2.75, 3.05) is 0 Å². The van der Waals surface area contributed by atoms with Gasteiger partial charge in [-0.25, -0.2) is 9.95 Å². The summed E-state index contributed by atoms with van der Waals surface area (Å²) in [7, 11) is 0. The molecule has 0 saturated heterocycles. The molecule has 3 nitrogen and oxygen atoms in total. The van der Waals surface area contributed by atoms with Crippen LogP contribution in [0.3, 0.4) is 0 Å². The largest absolute Gasteiger partial charge is 0.357 e. The van der Waals surface area contributed by atoms with Gasteiger partial charge in [0.25, 0.3) is 0 Å². The van der Waals surface area contributed by atoms with Gasteiger partial charge >= 0.3 is 5.63 Å². The van der Waals surface area contributed by atoms with Crippen LogP contribution in [0.2, 0.25) is 0 Å². The van der Waals surface area contributed by atoms with E-state index in [1.807, 2.05) is 12.1 Å². The molecular weight excluding hydrogens is 242 g/mol. The van der Waals surface area contributed by atoms with Crippen LogP contribution in [0.15, 0.2) is 31.3 Å². The molecule has 2 aromatic rings. The zero-order valence-electron chi connectivity index (χ0n) is 5.83. The van der Waals surface area contributed by atoms with Crippen molar-refractivity contribution >= 4 is 27.3 Å². The first kappa shape index (κ1) is 7.82. The molecule has 2 heterocycles. The van der Waals surface area contributed by atoms with E-state index < -0.39 is 0 Å². The predicted octanol–water partition coefficient (Wildman–Crippen LogP) is 2.46. The van der Waals surface area contributed by atoms with Crippen LogP contribution in [-0.2, 0) is 0 Å². The highest BCUT2D eigenvalue weighted by atomic mass is 79.9. The Hall–Kier alpha value is -0.810. The van der Waals surface area contributed by atoms with Crippen molar-refractivity contribution in [2.45, 2.75) is 0 Å². The number of halogens is 1. The Morgan fingerprint density at radius 1 is 1.50 bits per heavy atom. The number of H-pyrrole nitrogens is 1. The standard InChI is InChI=1S/C7H4BrNO2S/c8-6-2-1-5(12-6)4-3-7(10)11-9-4/h1-3,9H. The molecule has 0 aromatic carbocycles. The number of thiophene rings is 1. The van der Waals surface area contributed by atoms with E-state index in [0.29, 0.717) is 0 Å². The summed E-state index contributed by atoms with van der Waals surface area (Å²) in [6, 6.07) is 5.26. The van der Waals surface area contributed by atoms with E-state index in [9.17, 15) is 4.79 Å². The molecule has 0 spiro atoms. The summed E-state index contributed by atoms with van der Waals surface area (Å²) in [6.07, 6.45) is 0. The topological polar surface area (TPSA) is 46.0 Å². The van der Waals surface area contributed by atoms with Crippen molar-refractivity contribution < 1.29 is 4.52 Å². The van der Waals surface area contributed by atoms with Crippen molar-refractivity contribution in [2.24, 2.45) is 0 Å². The predicted molar refractivity (Wildman–Crippen MR) is 50.3 cm³/mol. The first-order valence-electron chi connectivity index (χ1n) is 3.20. The Kier molecular flexibility index (Phi) is 1.90. The van der Waals surface area contributed by atoms with Crippen molar-refractivity contribution in [3.05, 3.63) is 32.4 Å². The van der Waals surface area contributed by atoms with E-state index in [4.69, 9.17) is 0 Å². The summed E-state index contributed by atoms with van der Waals surface area (Å²) >= 11 is 4.87. The molecule has 1 N–H and O–H groups in total. The van der Waals surface area contributed by atoms with Gasteiger partial charge < -0.3 is 4.52 Å². The van der Waals surface area contributed by atoms with Crippen LogP contribution < -0.4 is 5.63 Å². The maximum Gasteiger partial charge on any atom is 0.357 e. The average Bonchev–Trinajstić information content (AvgIpc) is 2.58. The lowest BCUT2D eigenvalue weighted by molar-refractivity contribution is 0.394. The fourth-order valence-electron chi connectivity index (χ4n) is 0.863. The molecule has 0 saturated carbocycles. The third kappa shape index (κ3) is 1.37. The lowest BCUT2D eigenvalue weighted by Crippen LogP contribution is -1.84. The average molecular weight is 246 g/mol. The maximum atomic E-state index is 10.7. The van der Waals surface area contributed by atoms with Gasteiger partial charge in [0, 0.05) is 0 Å². The molecule has 5 heteroatoms. The van der Waals surface area contributed by atoms with Crippen LogP contribution in [0.4, 0.5) is 0 Å². The molecule has 0 aliphatic carbocycles. The summed E-state index contributed by atoms with van der Waals surface area (Å²) in [5.41, 5.74) is 0.366. The van der Waals surface area contributed by atoms with Crippen LogP contribution in [0.1, 0.15) is 0 Å². The Balaban J connectivity index is 2.50. The molecule has 0 atom stereocenters. The van der Waals surface area contributed by atoms with Crippen molar-refractivity contribution in [3.8, 4) is 10.6 Å². The zero-order chi connectivity index (χ0) is 8.55. The number of aromatic amines is 1. The zero-order valence-corrected chi connectivity index (χ0v) is 8.24. The molecule has 0 bridgehead atoms. The Morgan fingerprint density at radius 3 is 2.83 bits per heavy atom. The Morgan fingerprint density at radius 2 is 2.33 bits per heavy atom. The van der Waals surface area contributed by atoms with Gasteiger partial charge in [0.2, 0.25) is 0 Å². The molecule has 0 fully saturated rings.